The smallest absolute Gasteiger partial charge is 0.261 e. The average molecular weight is 301 g/mol. The van der Waals surface area contributed by atoms with Gasteiger partial charge in [-0.2, -0.15) is 0 Å². The van der Waals surface area contributed by atoms with E-state index in [4.69, 9.17) is 0 Å². The van der Waals surface area contributed by atoms with Crippen molar-refractivity contribution in [2.24, 2.45) is 5.92 Å². The first-order chi connectivity index (χ1) is 10.3. The van der Waals surface area contributed by atoms with Crippen LogP contribution in [0, 0.1) is 5.92 Å². The molecule has 3 N–H and O–H groups in total. The molecule has 1 aromatic heterocycles. The van der Waals surface area contributed by atoms with Crippen molar-refractivity contribution in [2.75, 3.05) is 6.54 Å². The predicted molar refractivity (Wildman–Crippen MR) is 85.3 cm³/mol. The molecule has 110 valence electrons. The summed E-state index contributed by atoms with van der Waals surface area (Å²) < 4.78 is 1.17. The van der Waals surface area contributed by atoms with Crippen LogP contribution in [0.3, 0.4) is 0 Å². The molecule has 1 aliphatic heterocycles. The van der Waals surface area contributed by atoms with Gasteiger partial charge in [-0.05, 0) is 36.3 Å². The fourth-order valence-corrected chi connectivity index (χ4v) is 4.54. The topological polar surface area (TPSA) is 53.2 Å². The molecule has 0 spiro atoms. The summed E-state index contributed by atoms with van der Waals surface area (Å²) in [6.45, 7) is 0.696. The number of carbonyl (C=O) groups is 1. The van der Waals surface area contributed by atoms with Crippen LogP contribution in [0.5, 0.6) is 0 Å². The molecule has 1 aromatic carbocycles. The van der Waals surface area contributed by atoms with Gasteiger partial charge in [0.15, 0.2) is 0 Å². The van der Waals surface area contributed by atoms with E-state index in [9.17, 15) is 4.79 Å². The van der Waals surface area contributed by atoms with Gasteiger partial charge in [0.05, 0.1) is 4.88 Å². The van der Waals surface area contributed by atoms with Gasteiger partial charge in [-0.15, -0.1) is 11.3 Å². The Labute approximate surface area is 127 Å². The summed E-state index contributed by atoms with van der Waals surface area (Å²) in [5, 5.41) is 4.23. The van der Waals surface area contributed by atoms with E-state index in [-0.39, 0.29) is 5.91 Å². The van der Waals surface area contributed by atoms with E-state index in [1.807, 2.05) is 24.3 Å². The molecule has 2 fully saturated rings. The molecule has 2 aromatic rings. The zero-order chi connectivity index (χ0) is 14.2. The van der Waals surface area contributed by atoms with Crippen molar-refractivity contribution >= 4 is 27.3 Å². The third-order valence-electron chi connectivity index (χ3n) is 4.67. The van der Waals surface area contributed by atoms with E-state index in [2.05, 4.69) is 22.2 Å². The van der Waals surface area contributed by atoms with Crippen LogP contribution in [0.4, 0.5) is 0 Å². The number of hydrogen-bond acceptors (Lipinski definition) is 4. The van der Waals surface area contributed by atoms with Gasteiger partial charge < -0.3 is 5.32 Å². The van der Waals surface area contributed by atoms with Crippen LogP contribution in [-0.4, -0.2) is 24.5 Å². The van der Waals surface area contributed by atoms with E-state index in [0.717, 1.165) is 10.3 Å². The van der Waals surface area contributed by atoms with Crippen molar-refractivity contribution in [1.29, 1.82) is 0 Å². The second-order valence-corrected chi connectivity index (χ2v) is 7.04. The first kappa shape index (κ1) is 13.2. The standard InChI is InChI=1S/C16H19N3OS/c20-16(15-8-10-4-1-2-7-14(10)21-15)17-9-13-11-5-3-6-12(11)18-19-13/h1-2,4,7-8,11-13,18-19H,3,5-6,9H2,(H,17,20). The van der Waals surface area contributed by atoms with Gasteiger partial charge in [-0.3, -0.25) is 15.6 Å². The average Bonchev–Trinajstić information content (AvgIpc) is 3.19. The number of nitrogens with one attached hydrogen (secondary N) is 3. The van der Waals surface area contributed by atoms with Gasteiger partial charge in [0.25, 0.3) is 5.91 Å². The highest BCUT2D eigenvalue weighted by Crippen LogP contribution is 2.31. The summed E-state index contributed by atoms with van der Waals surface area (Å²) in [6.07, 6.45) is 3.80. The zero-order valence-electron chi connectivity index (χ0n) is 11.8. The first-order valence-corrected chi connectivity index (χ1v) is 8.41. The van der Waals surface area contributed by atoms with Gasteiger partial charge in [0.1, 0.15) is 0 Å². The molecule has 5 heteroatoms. The number of carbonyl (C=O) groups excluding carboxylic acids is 1. The Kier molecular flexibility index (Phi) is 3.41. The van der Waals surface area contributed by atoms with Crippen LogP contribution in [0.15, 0.2) is 30.3 Å². The van der Waals surface area contributed by atoms with E-state index in [1.165, 1.54) is 24.0 Å². The van der Waals surface area contributed by atoms with Crippen LogP contribution >= 0.6 is 11.3 Å². The lowest BCUT2D eigenvalue weighted by molar-refractivity contribution is 0.0952. The highest BCUT2D eigenvalue weighted by molar-refractivity contribution is 7.20. The molecule has 1 saturated heterocycles. The molecular formula is C16H19N3OS. The van der Waals surface area contributed by atoms with Crippen molar-refractivity contribution in [1.82, 2.24) is 16.2 Å². The molecule has 4 rings (SSSR count). The maximum absolute atomic E-state index is 12.3. The van der Waals surface area contributed by atoms with Crippen molar-refractivity contribution in [2.45, 2.75) is 31.3 Å². The summed E-state index contributed by atoms with van der Waals surface area (Å²) >= 11 is 1.56. The molecule has 2 aliphatic rings. The lowest BCUT2D eigenvalue weighted by atomic mass is 9.97. The monoisotopic (exact) mass is 301 g/mol. The summed E-state index contributed by atoms with van der Waals surface area (Å²) in [7, 11) is 0. The van der Waals surface area contributed by atoms with E-state index in [1.54, 1.807) is 11.3 Å². The Morgan fingerprint density at radius 3 is 3.10 bits per heavy atom. The highest BCUT2D eigenvalue weighted by Gasteiger charge is 2.38. The number of hydrogen-bond donors (Lipinski definition) is 3. The number of rotatable bonds is 3. The molecule has 0 bridgehead atoms. The Morgan fingerprint density at radius 2 is 2.19 bits per heavy atom. The van der Waals surface area contributed by atoms with Gasteiger partial charge in [-0.1, -0.05) is 24.6 Å². The van der Waals surface area contributed by atoms with Crippen molar-refractivity contribution in [3.05, 3.63) is 35.2 Å². The molecule has 1 aliphatic carbocycles. The third kappa shape index (κ3) is 2.46. The lowest BCUT2D eigenvalue weighted by Gasteiger charge is -2.16. The minimum atomic E-state index is 0.0412. The van der Waals surface area contributed by atoms with Crippen LogP contribution in [0.25, 0.3) is 10.1 Å². The largest absolute Gasteiger partial charge is 0.350 e. The quantitative estimate of drug-likeness (QED) is 0.815. The number of fused-ring (bicyclic) bond motifs is 2. The minimum absolute atomic E-state index is 0.0412. The molecule has 3 unspecified atom stereocenters. The van der Waals surface area contributed by atoms with Gasteiger partial charge in [0, 0.05) is 23.3 Å². The molecule has 4 nitrogen and oxygen atoms in total. The van der Waals surface area contributed by atoms with Gasteiger partial charge in [-0.25, -0.2) is 0 Å². The van der Waals surface area contributed by atoms with E-state index in [0.29, 0.717) is 24.5 Å². The number of amides is 1. The molecule has 1 amide bonds. The van der Waals surface area contributed by atoms with Crippen LogP contribution < -0.4 is 16.2 Å². The van der Waals surface area contributed by atoms with E-state index >= 15 is 0 Å². The maximum Gasteiger partial charge on any atom is 0.261 e. The van der Waals surface area contributed by atoms with E-state index < -0.39 is 0 Å². The minimum Gasteiger partial charge on any atom is -0.350 e. The summed E-state index contributed by atoms with van der Waals surface area (Å²) in [5.74, 6) is 0.701. The zero-order valence-corrected chi connectivity index (χ0v) is 12.6. The molecule has 0 radical (unpaired) electrons. The molecule has 3 atom stereocenters. The Morgan fingerprint density at radius 1 is 1.29 bits per heavy atom. The number of thiophene rings is 1. The first-order valence-electron chi connectivity index (χ1n) is 7.59. The van der Waals surface area contributed by atoms with Crippen LogP contribution in [0.1, 0.15) is 28.9 Å². The Balaban J connectivity index is 1.41. The Hall–Kier alpha value is -1.43. The highest BCUT2D eigenvalue weighted by atomic mass is 32.1. The molecule has 1 saturated carbocycles. The van der Waals surface area contributed by atoms with Crippen molar-refractivity contribution in [3.8, 4) is 0 Å². The summed E-state index contributed by atoms with van der Waals surface area (Å²) in [4.78, 5) is 13.1. The second kappa shape index (κ2) is 5.40. The maximum atomic E-state index is 12.3. The SMILES string of the molecule is O=C(NCC1NNC2CCCC21)c1cc2ccccc2s1. The lowest BCUT2D eigenvalue weighted by Crippen LogP contribution is -2.42. The van der Waals surface area contributed by atoms with Crippen molar-refractivity contribution in [3.63, 3.8) is 0 Å². The molecule has 21 heavy (non-hydrogen) atoms. The fraction of sp³-hybridized carbons (Fsp3) is 0.438. The second-order valence-electron chi connectivity index (χ2n) is 5.95. The van der Waals surface area contributed by atoms with Gasteiger partial charge in [0.2, 0.25) is 0 Å². The van der Waals surface area contributed by atoms with Crippen LogP contribution in [-0.2, 0) is 0 Å². The number of hydrazine groups is 1. The fourth-order valence-electron chi connectivity index (χ4n) is 3.56. The number of benzene rings is 1. The Bertz CT molecular complexity index is 635. The molecular weight excluding hydrogens is 282 g/mol. The molecule has 2 heterocycles. The van der Waals surface area contributed by atoms with Crippen LogP contribution in [0.2, 0.25) is 0 Å². The third-order valence-corrected chi connectivity index (χ3v) is 5.79. The normalized spacial score (nSPS) is 27.9. The van der Waals surface area contributed by atoms with Crippen molar-refractivity contribution < 1.29 is 4.79 Å². The summed E-state index contributed by atoms with van der Waals surface area (Å²) in [6, 6.07) is 11.1. The predicted octanol–water partition coefficient (Wildman–Crippen LogP) is 2.28. The van der Waals surface area contributed by atoms with Gasteiger partial charge >= 0.3 is 0 Å². The summed E-state index contributed by atoms with van der Waals surface area (Å²) in [5.41, 5.74) is 6.69.